The van der Waals surface area contributed by atoms with E-state index in [1.807, 2.05) is 6.20 Å². The van der Waals surface area contributed by atoms with Crippen LogP contribution in [0.3, 0.4) is 0 Å². The van der Waals surface area contributed by atoms with Gasteiger partial charge in [-0.05, 0) is 5.92 Å². The highest BCUT2D eigenvalue weighted by Crippen LogP contribution is 2.27. The molecular weight excluding hydrogens is 266 g/mol. The number of nitrogen functional groups attached to an aromatic ring is 1. The Morgan fingerprint density at radius 2 is 2.50 bits per heavy atom. The molecule has 2 rings (SSSR count). The van der Waals surface area contributed by atoms with Gasteiger partial charge in [-0.1, -0.05) is 25.2 Å². The van der Waals surface area contributed by atoms with Gasteiger partial charge in [0.1, 0.15) is 0 Å². The van der Waals surface area contributed by atoms with Crippen LogP contribution in [0, 0.1) is 5.92 Å². The predicted molar refractivity (Wildman–Crippen MR) is 78.3 cm³/mol. The van der Waals surface area contributed by atoms with E-state index in [0.29, 0.717) is 11.2 Å². The molecule has 1 saturated heterocycles. The lowest BCUT2D eigenvalue weighted by atomic mass is 10.2. The third-order valence-corrected chi connectivity index (χ3v) is 4.91. The highest BCUT2D eigenvalue weighted by molar-refractivity contribution is 8.01. The minimum Gasteiger partial charge on any atom is -0.375 e. The molecule has 0 amide bonds. The first-order valence-corrected chi connectivity index (χ1v) is 8.11. The van der Waals surface area contributed by atoms with Crippen molar-refractivity contribution in [2.75, 3.05) is 37.7 Å². The van der Waals surface area contributed by atoms with Gasteiger partial charge in [0.25, 0.3) is 0 Å². The summed E-state index contributed by atoms with van der Waals surface area (Å²) < 4.78 is 6.99. The lowest BCUT2D eigenvalue weighted by Crippen LogP contribution is -2.44. The molecule has 1 aliphatic rings. The summed E-state index contributed by atoms with van der Waals surface area (Å²) in [5.41, 5.74) is 5.62. The number of nitrogens with two attached hydrogens (primary N) is 1. The fourth-order valence-corrected chi connectivity index (χ4v) is 3.87. The Labute approximate surface area is 117 Å². The van der Waals surface area contributed by atoms with E-state index in [1.165, 1.54) is 4.21 Å². The Morgan fingerprint density at radius 3 is 3.17 bits per heavy atom. The Balaban J connectivity index is 1.75. The molecule has 0 aromatic carbocycles. The first kappa shape index (κ1) is 14.1. The third-order valence-electron chi connectivity index (χ3n) is 2.76. The van der Waals surface area contributed by atoms with Crippen LogP contribution in [0.5, 0.6) is 0 Å². The van der Waals surface area contributed by atoms with Gasteiger partial charge in [-0.3, -0.25) is 4.90 Å². The second-order valence-electron chi connectivity index (χ2n) is 4.97. The van der Waals surface area contributed by atoms with Gasteiger partial charge in [0.05, 0.1) is 23.1 Å². The lowest BCUT2D eigenvalue weighted by molar-refractivity contribution is -0.0191. The zero-order chi connectivity index (χ0) is 13.0. The molecule has 2 heterocycles. The molecule has 0 spiro atoms. The monoisotopic (exact) mass is 287 g/mol. The van der Waals surface area contributed by atoms with Crippen LogP contribution in [-0.4, -0.2) is 48.0 Å². The van der Waals surface area contributed by atoms with Gasteiger partial charge in [0.15, 0.2) is 5.13 Å². The molecule has 1 atom stereocenters. The second kappa shape index (κ2) is 6.75. The van der Waals surface area contributed by atoms with Crippen molar-refractivity contribution < 1.29 is 4.74 Å². The molecule has 1 aromatic rings. The fourth-order valence-electron chi connectivity index (χ4n) is 2.08. The van der Waals surface area contributed by atoms with Crippen molar-refractivity contribution in [2.45, 2.75) is 24.2 Å². The molecule has 0 saturated carbocycles. The number of morpholine rings is 1. The number of nitrogens with zero attached hydrogens (tertiary/aromatic N) is 2. The minimum absolute atomic E-state index is 0.325. The second-order valence-corrected chi connectivity index (χ2v) is 7.36. The van der Waals surface area contributed by atoms with E-state index in [4.69, 9.17) is 10.5 Å². The van der Waals surface area contributed by atoms with Crippen LogP contribution >= 0.6 is 23.1 Å². The molecule has 1 unspecified atom stereocenters. The van der Waals surface area contributed by atoms with Gasteiger partial charge in [-0.15, -0.1) is 11.8 Å². The molecule has 0 radical (unpaired) electrons. The van der Waals surface area contributed by atoms with Gasteiger partial charge in [-0.2, -0.15) is 0 Å². The van der Waals surface area contributed by atoms with Gasteiger partial charge in [-0.25, -0.2) is 4.98 Å². The van der Waals surface area contributed by atoms with E-state index in [1.54, 1.807) is 23.1 Å². The van der Waals surface area contributed by atoms with Gasteiger partial charge < -0.3 is 10.5 Å². The first-order valence-electron chi connectivity index (χ1n) is 6.31. The Kier molecular flexibility index (Phi) is 5.29. The molecule has 1 aromatic heterocycles. The highest BCUT2D eigenvalue weighted by atomic mass is 32.2. The quantitative estimate of drug-likeness (QED) is 0.841. The van der Waals surface area contributed by atoms with E-state index in [9.17, 15) is 0 Å². The lowest BCUT2D eigenvalue weighted by Gasteiger charge is -2.33. The molecule has 0 aliphatic carbocycles. The van der Waals surface area contributed by atoms with Crippen molar-refractivity contribution in [3.63, 3.8) is 0 Å². The topological polar surface area (TPSA) is 51.4 Å². The molecule has 4 nitrogen and oxygen atoms in total. The average molecular weight is 287 g/mol. The number of thioether (sulfide) groups is 1. The summed E-state index contributed by atoms with van der Waals surface area (Å²) in [5.74, 6) is 1.70. The molecule has 6 heteroatoms. The van der Waals surface area contributed by atoms with E-state index in [-0.39, 0.29) is 0 Å². The van der Waals surface area contributed by atoms with E-state index in [2.05, 4.69) is 23.7 Å². The molecular formula is C12H21N3OS2. The van der Waals surface area contributed by atoms with Crippen molar-refractivity contribution >= 4 is 28.2 Å². The zero-order valence-electron chi connectivity index (χ0n) is 11.0. The Hall–Kier alpha value is -0.300. The molecule has 18 heavy (non-hydrogen) atoms. The van der Waals surface area contributed by atoms with E-state index >= 15 is 0 Å². The van der Waals surface area contributed by atoms with Crippen LogP contribution in [0.1, 0.15) is 13.8 Å². The SMILES string of the molecule is CC(C)CN1CCOC(CSc2cnc(N)s2)C1. The Morgan fingerprint density at radius 1 is 1.67 bits per heavy atom. The van der Waals surface area contributed by atoms with Crippen LogP contribution < -0.4 is 5.73 Å². The average Bonchev–Trinajstić information content (AvgIpc) is 2.72. The standard InChI is InChI=1S/C12H21N3OS2/c1-9(2)6-15-3-4-16-10(7-15)8-17-11-5-14-12(13)18-11/h5,9-10H,3-4,6-8H2,1-2H3,(H2,13,14). The van der Waals surface area contributed by atoms with Gasteiger partial charge in [0, 0.05) is 25.4 Å². The van der Waals surface area contributed by atoms with Crippen LogP contribution in [0.15, 0.2) is 10.4 Å². The summed E-state index contributed by atoms with van der Waals surface area (Å²) in [7, 11) is 0. The zero-order valence-corrected chi connectivity index (χ0v) is 12.6. The summed E-state index contributed by atoms with van der Waals surface area (Å²) in [6, 6.07) is 0. The molecule has 1 fully saturated rings. The van der Waals surface area contributed by atoms with Gasteiger partial charge in [0.2, 0.25) is 0 Å². The summed E-state index contributed by atoms with van der Waals surface area (Å²) in [6.07, 6.45) is 2.17. The highest BCUT2D eigenvalue weighted by Gasteiger charge is 2.21. The predicted octanol–water partition coefficient (Wildman–Crippen LogP) is 2.17. The maximum Gasteiger partial charge on any atom is 0.181 e. The maximum absolute atomic E-state index is 5.81. The minimum atomic E-state index is 0.325. The van der Waals surface area contributed by atoms with E-state index in [0.717, 1.165) is 37.9 Å². The smallest absolute Gasteiger partial charge is 0.181 e. The van der Waals surface area contributed by atoms with Crippen molar-refractivity contribution in [3.05, 3.63) is 6.20 Å². The van der Waals surface area contributed by atoms with Crippen LogP contribution in [-0.2, 0) is 4.74 Å². The molecule has 0 bridgehead atoms. The van der Waals surface area contributed by atoms with Crippen LogP contribution in [0.4, 0.5) is 5.13 Å². The van der Waals surface area contributed by atoms with Crippen LogP contribution in [0.2, 0.25) is 0 Å². The van der Waals surface area contributed by atoms with E-state index < -0.39 is 0 Å². The molecule has 2 N–H and O–H groups in total. The first-order chi connectivity index (χ1) is 8.63. The third kappa shape index (κ3) is 4.42. The van der Waals surface area contributed by atoms with Crippen LogP contribution in [0.25, 0.3) is 0 Å². The summed E-state index contributed by atoms with van der Waals surface area (Å²) in [6.45, 7) is 8.64. The Bertz CT molecular complexity index is 370. The van der Waals surface area contributed by atoms with Crippen molar-refractivity contribution in [1.82, 2.24) is 9.88 Å². The number of thiazole rings is 1. The fraction of sp³-hybridized carbons (Fsp3) is 0.750. The molecule has 1 aliphatic heterocycles. The summed E-state index contributed by atoms with van der Waals surface area (Å²) >= 11 is 3.34. The summed E-state index contributed by atoms with van der Waals surface area (Å²) in [5, 5.41) is 0.642. The number of rotatable bonds is 5. The number of aromatic nitrogens is 1. The number of hydrogen-bond donors (Lipinski definition) is 1. The van der Waals surface area contributed by atoms with Crippen molar-refractivity contribution in [2.24, 2.45) is 5.92 Å². The van der Waals surface area contributed by atoms with Crippen molar-refractivity contribution in [3.8, 4) is 0 Å². The van der Waals surface area contributed by atoms with Crippen molar-refractivity contribution in [1.29, 1.82) is 0 Å². The molecule has 102 valence electrons. The number of ether oxygens (including phenoxy) is 1. The normalized spacial score (nSPS) is 21.6. The summed E-state index contributed by atoms with van der Waals surface area (Å²) in [4.78, 5) is 6.56. The largest absolute Gasteiger partial charge is 0.375 e. The number of anilines is 1. The number of hydrogen-bond acceptors (Lipinski definition) is 6. The van der Waals surface area contributed by atoms with Gasteiger partial charge >= 0.3 is 0 Å². The maximum atomic E-state index is 5.81.